The lowest BCUT2D eigenvalue weighted by Gasteiger charge is -2.38. The van der Waals surface area contributed by atoms with Gasteiger partial charge in [-0.2, -0.15) is 5.26 Å². The van der Waals surface area contributed by atoms with Crippen molar-refractivity contribution in [1.29, 1.82) is 5.26 Å². The van der Waals surface area contributed by atoms with Gasteiger partial charge in [0.25, 0.3) is 0 Å². The van der Waals surface area contributed by atoms with Gasteiger partial charge < -0.3 is 14.5 Å². The topological polar surface area (TPSA) is 86.5 Å². The molecule has 1 aromatic heterocycles. The molecule has 120 valence electrons. The lowest BCUT2D eigenvalue weighted by Crippen LogP contribution is -2.56. The second-order valence-electron chi connectivity index (χ2n) is 6.28. The first-order valence-electron chi connectivity index (χ1n) is 7.38. The smallest absolute Gasteiger partial charge is 0.245 e. The third-order valence-electron chi connectivity index (χ3n) is 4.70. The molecule has 23 heavy (non-hydrogen) atoms. The molecule has 0 N–H and O–H groups in total. The summed E-state index contributed by atoms with van der Waals surface area (Å²) in [7, 11) is 3.14. The van der Waals surface area contributed by atoms with Crippen LogP contribution in [-0.4, -0.2) is 53.3 Å². The minimum atomic E-state index is -0.836. The number of carbonyl (C=O) groups is 2. The number of nitrogens with zero attached hydrogens (tertiary/aromatic N) is 4. The third kappa shape index (κ3) is 2.22. The van der Waals surface area contributed by atoms with E-state index in [1.54, 1.807) is 37.2 Å². The molecule has 2 aliphatic rings. The van der Waals surface area contributed by atoms with Crippen LogP contribution >= 0.6 is 0 Å². The van der Waals surface area contributed by atoms with Crippen molar-refractivity contribution >= 4 is 11.8 Å². The summed E-state index contributed by atoms with van der Waals surface area (Å²) < 4.78 is 5.05. The molecular formula is C16H18N4O3. The van der Waals surface area contributed by atoms with Crippen molar-refractivity contribution in [3.05, 3.63) is 23.9 Å². The molecule has 0 saturated carbocycles. The van der Waals surface area contributed by atoms with Crippen molar-refractivity contribution < 1.29 is 14.3 Å². The van der Waals surface area contributed by atoms with Crippen LogP contribution in [0.4, 0.5) is 0 Å². The summed E-state index contributed by atoms with van der Waals surface area (Å²) >= 11 is 0. The average Bonchev–Trinajstić information content (AvgIpc) is 2.87. The van der Waals surface area contributed by atoms with E-state index in [-0.39, 0.29) is 18.4 Å². The maximum atomic E-state index is 12.5. The number of methoxy groups -OCH3 is 1. The number of hydrogen-bond acceptors (Lipinski definition) is 5. The molecule has 0 aromatic carbocycles. The maximum Gasteiger partial charge on any atom is 0.245 e. The Labute approximate surface area is 134 Å². The molecule has 0 aliphatic carbocycles. The fourth-order valence-corrected chi connectivity index (χ4v) is 3.55. The van der Waals surface area contributed by atoms with Gasteiger partial charge >= 0.3 is 0 Å². The third-order valence-corrected chi connectivity index (χ3v) is 4.70. The number of amides is 2. The first kappa shape index (κ1) is 15.3. The van der Waals surface area contributed by atoms with Crippen LogP contribution in [0.1, 0.15) is 24.9 Å². The second-order valence-corrected chi connectivity index (χ2v) is 6.28. The Balaban J connectivity index is 2.06. The Morgan fingerprint density at radius 2 is 2.17 bits per heavy atom. The number of fused-ring (bicyclic) bond motifs is 1. The number of likely N-dealkylation sites (N-methyl/N-ethyl adjacent to an activating group) is 1. The Bertz CT molecular complexity index is 696. The number of pyridine rings is 1. The minimum absolute atomic E-state index is 0.0386. The Morgan fingerprint density at radius 1 is 1.43 bits per heavy atom. The van der Waals surface area contributed by atoms with Gasteiger partial charge in [0.15, 0.2) is 0 Å². The summed E-state index contributed by atoms with van der Waals surface area (Å²) in [5.74, 6) is 0.203. The average molecular weight is 314 g/mol. The largest absolute Gasteiger partial charge is 0.481 e. The summed E-state index contributed by atoms with van der Waals surface area (Å²) in [6.45, 7) is 1.83. The highest BCUT2D eigenvalue weighted by atomic mass is 16.5. The highest BCUT2D eigenvalue weighted by molar-refractivity contribution is 5.95. The van der Waals surface area contributed by atoms with E-state index in [4.69, 9.17) is 4.74 Å². The lowest BCUT2D eigenvalue weighted by atomic mass is 9.80. The molecule has 2 amide bonds. The summed E-state index contributed by atoms with van der Waals surface area (Å²) in [6, 6.07) is 4.73. The zero-order valence-electron chi connectivity index (χ0n) is 13.3. The van der Waals surface area contributed by atoms with Gasteiger partial charge in [0, 0.05) is 19.3 Å². The number of hydrogen-bond donors (Lipinski definition) is 0. The number of carbonyl (C=O) groups excluding carboxylic acids is 2. The van der Waals surface area contributed by atoms with Crippen molar-refractivity contribution in [1.82, 2.24) is 14.8 Å². The van der Waals surface area contributed by atoms with E-state index in [1.807, 2.05) is 0 Å². The van der Waals surface area contributed by atoms with Gasteiger partial charge in [0.2, 0.25) is 17.7 Å². The normalized spacial score (nSPS) is 30.2. The maximum absolute atomic E-state index is 12.5. The molecule has 2 fully saturated rings. The van der Waals surface area contributed by atoms with Crippen LogP contribution in [0.5, 0.6) is 5.88 Å². The number of nitriles is 1. The first-order valence-corrected chi connectivity index (χ1v) is 7.38. The SMILES string of the molecule is COc1ccc(C2N3C(=O)CN(C)C(=O)[C@@H]3C[C@]2(C)C#N)cn1. The van der Waals surface area contributed by atoms with Crippen molar-refractivity contribution in [2.75, 3.05) is 20.7 Å². The van der Waals surface area contributed by atoms with Gasteiger partial charge in [-0.25, -0.2) is 4.98 Å². The summed E-state index contributed by atoms with van der Waals surface area (Å²) in [5.41, 5.74) is -0.0969. The van der Waals surface area contributed by atoms with E-state index < -0.39 is 17.5 Å². The van der Waals surface area contributed by atoms with Crippen LogP contribution in [0, 0.1) is 16.7 Å². The molecule has 7 heteroatoms. The fourth-order valence-electron chi connectivity index (χ4n) is 3.55. The second kappa shape index (κ2) is 5.23. The minimum Gasteiger partial charge on any atom is -0.481 e. The van der Waals surface area contributed by atoms with Crippen LogP contribution in [0.25, 0.3) is 0 Å². The zero-order valence-corrected chi connectivity index (χ0v) is 13.3. The van der Waals surface area contributed by atoms with Crippen LogP contribution in [0.3, 0.4) is 0 Å². The molecule has 3 rings (SSSR count). The van der Waals surface area contributed by atoms with Crippen molar-refractivity contribution in [3.8, 4) is 11.9 Å². The Kier molecular flexibility index (Phi) is 3.48. The molecule has 7 nitrogen and oxygen atoms in total. The molecule has 2 saturated heterocycles. The van der Waals surface area contributed by atoms with Gasteiger partial charge in [0.05, 0.1) is 31.2 Å². The lowest BCUT2D eigenvalue weighted by molar-refractivity contribution is -0.154. The number of piperazine rings is 1. The molecule has 1 aromatic rings. The molecule has 3 atom stereocenters. The molecule has 0 radical (unpaired) electrons. The van der Waals surface area contributed by atoms with E-state index in [1.165, 1.54) is 12.0 Å². The predicted molar refractivity (Wildman–Crippen MR) is 80.1 cm³/mol. The standard InChI is InChI=1S/C16H18N4O3/c1-16(9-17)6-11-15(22)19(2)8-13(21)20(11)14(16)10-4-5-12(23-3)18-7-10/h4-5,7,11,14H,6,8H2,1-3H3/t11-,14?,16+/m0/s1. The highest BCUT2D eigenvalue weighted by Crippen LogP contribution is 2.50. The zero-order chi connectivity index (χ0) is 16.8. The van der Waals surface area contributed by atoms with Crippen molar-refractivity contribution in [3.63, 3.8) is 0 Å². The van der Waals surface area contributed by atoms with Gasteiger partial charge in [-0.3, -0.25) is 9.59 Å². The quantitative estimate of drug-likeness (QED) is 0.803. The molecule has 3 heterocycles. The summed E-state index contributed by atoms with van der Waals surface area (Å²) in [5, 5.41) is 9.69. The van der Waals surface area contributed by atoms with E-state index in [0.29, 0.717) is 12.3 Å². The number of aromatic nitrogens is 1. The molecule has 1 unspecified atom stereocenters. The molecule has 2 aliphatic heterocycles. The first-order chi connectivity index (χ1) is 10.9. The van der Waals surface area contributed by atoms with E-state index in [0.717, 1.165) is 5.56 Å². The Hall–Kier alpha value is -2.62. The van der Waals surface area contributed by atoms with Gasteiger partial charge in [-0.05, 0) is 25.0 Å². The fraction of sp³-hybridized carbons (Fsp3) is 0.500. The molecular weight excluding hydrogens is 296 g/mol. The van der Waals surface area contributed by atoms with Gasteiger partial charge in [-0.1, -0.05) is 0 Å². The van der Waals surface area contributed by atoms with Crippen molar-refractivity contribution in [2.45, 2.75) is 25.4 Å². The molecule has 0 spiro atoms. The molecule has 0 bridgehead atoms. The summed E-state index contributed by atoms with van der Waals surface area (Å²) in [6.07, 6.45) is 1.94. The van der Waals surface area contributed by atoms with Crippen molar-refractivity contribution in [2.24, 2.45) is 5.41 Å². The predicted octanol–water partition coefficient (Wildman–Crippen LogP) is 0.734. The van der Waals surface area contributed by atoms with Crippen LogP contribution < -0.4 is 4.74 Å². The number of ether oxygens (including phenoxy) is 1. The van der Waals surface area contributed by atoms with E-state index >= 15 is 0 Å². The highest BCUT2D eigenvalue weighted by Gasteiger charge is 2.57. The Morgan fingerprint density at radius 3 is 2.74 bits per heavy atom. The monoisotopic (exact) mass is 314 g/mol. The van der Waals surface area contributed by atoms with Gasteiger partial charge in [0.1, 0.15) is 6.04 Å². The summed E-state index contributed by atoms with van der Waals surface area (Å²) in [4.78, 5) is 32.1. The number of rotatable bonds is 2. The van der Waals surface area contributed by atoms with Crippen LogP contribution in [0.2, 0.25) is 0 Å². The van der Waals surface area contributed by atoms with Crippen LogP contribution in [0.15, 0.2) is 18.3 Å². The van der Waals surface area contributed by atoms with Crippen LogP contribution in [-0.2, 0) is 9.59 Å². The van der Waals surface area contributed by atoms with E-state index in [2.05, 4.69) is 11.1 Å². The van der Waals surface area contributed by atoms with Gasteiger partial charge in [-0.15, -0.1) is 0 Å². The van der Waals surface area contributed by atoms with E-state index in [9.17, 15) is 14.9 Å².